The van der Waals surface area contributed by atoms with Gasteiger partial charge in [0.25, 0.3) is 0 Å². The molecule has 0 radical (unpaired) electrons. The quantitative estimate of drug-likeness (QED) is 0.488. The van der Waals surface area contributed by atoms with Gasteiger partial charge in [-0.2, -0.15) is 5.10 Å². The van der Waals surface area contributed by atoms with E-state index in [0.717, 1.165) is 16.8 Å². The molecule has 0 bridgehead atoms. The van der Waals surface area contributed by atoms with Gasteiger partial charge in [0.1, 0.15) is 11.4 Å². The summed E-state index contributed by atoms with van der Waals surface area (Å²) in [6, 6.07) is 17.8. The molecule has 0 spiro atoms. The SMILES string of the molecule is CC[C@H](O)CN(Cc1c(-c2ccccc2)nn(C)c1Oc1ccccc1Cl)C(C)C. The summed E-state index contributed by atoms with van der Waals surface area (Å²) in [5.41, 5.74) is 2.87. The fourth-order valence-electron chi connectivity index (χ4n) is 3.34. The second-order valence-electron chi connectivity index (χ2n) is 7.74. The predicted octanol–water partition coefficient (Wildman–Crippen LogP) is 5.51. The highest BCUT2D eigenvalue weighted by Crippen LogP contribution is 2.36. The molecule has 1 aromatic heterocycles. The molecule has 0 fully saturated rings. The lowest BCUT2D eigenvalue weighted by molar-refractivity contribution is 0.0878. The lowest BCUT2D eigenvalue weighted by atomic mass is 10.1. The highest BCUT2D eigenvalue weighted by molar-refractivity contribution is 6.32. The molecule has 5 nitrogen and oxygen atoms in total. The summed E-state index contributed by atoms with van der Waals surface area (Å²) in [4.78, 5) is 2.25. The van der Waals surface area contributed by atoms with Crippen molar-refractivity contribution in [2.75, 3.05) is 6.54 Å². The minimum atomic E-state index is -0.378. The van der Waals surface area contributed by atoms with E-state index in [0.29, 0.717) is 36.2 Å². The summed E-state index contributed by atoms with van der Waals surface area (Å²) in [6.45, 7) is 7.45. The highest BCUT2D eigenvalue weighted by Gasteiger charge is 2.24. The molecule has 1 atom stereocenters. The number of para-hydroxylation sites is 1. The van der Waals surface area contributed by atoms with Crippen LogP contribution in [-0.2, 0) is 13.6 Å². The van der Waals surface area contributed by atoms with Crippen molar-refractivity contribution >= 4 is 11.6 Å². The minimum absolute atomic E-state index is 0.253. The molecule has 2 aromatic carbocycles. The van der Waals surface area contributed by atoms with Crippen molar-refractivity contribution in [2.24, 2.45) is 7.05 Å². The smallest absolute Gasteiger partial charge is 0.222 e. The number of aromatic nitrogens is 2. The summed E-state index contributed by atoms with van der Waals surface area (Å²) in [5, 5.41) is 15.6. The van der Waals surface area contributed by atoms with Crippen LogP contribution in [0.25, 0.3) is 11.3 Å². The van der Waals surface area contributed by atoms with Crippen molar-refractivity contribution in [2.45, 2.75) is 45.9 Å². The van der Waals surface area contributed by atoms with E-state index in [1.807, 2.05) is 68.6 Å². The number of aliphatic hydroxyl groups is 1. The van der Waals surface area contributed by atoms with E-state index >= 15 is 0 Å². The standard InChI is InChI=1S/C24H30ClN3O2/c1-5-19(29)15-28(17(2)3)16-20-23(18-11-7-6-8-12-18)26-27(4)24(20)30-22-14-10-9-13-21(22)25/h6-14,17,19,29H,5,15-16H2,1-4H3/t19-/m0/s1. The molecule has 0 saturated heterocycles. The van der Waals surface area contributed by atoms with Crippen molar-refractivity contribution in [1.29, 1.82) is 0 Å². The first-order valence-electron chi connectivity index (χ1n) is 10.4. The zero-order valence-electron chi connectivity index (χ0n) is 18.0. The van der Waals surface area contributed by atoms with E-state index in [-0.39, 0.29) is 12.1 Å². The Kier molecular flexibility index (Phi) is 7.53. The third kappa shape index (κ3) is 5.22. The molecular formula is C24H30ClN3O2. The molecule has 3 rings (SSSR count). The Morgan fingerprint density at radius 1 is 1.10 bits per heavy atom. The van der Waals surface area contributed by atoms with E-state index < -0.39 is 0 Å². The van der Waals surface area contributed by atoms with Gasteiger partial charge in [-0.3, -0.25) is 4.90 Å². The van der Waals surface area contributed by atoms with E-state index in [4.69, 9.17) is 21.4 Å². The second kappa shape index (κ2) is 10.1. The van der Waals surface area contributed by atoms with Gasteiger partial charge < -0.3 is 9.84 Å². The highest BCUT2D eigenvalue weighted by atomic mass is 35.5. The maximum absolute atomic E-state index is 10.3. The van der Waals surface area contributed by atoms with Crippen LogP contribution in [-0.4, -0.2) is 38.5 Å². The molecule has 160 valence electrons. The summed E-state index contributed by atoms with van der Waals surface area (Å²) >= 11 is 6.35. The molecular weight excluding hydrogens is 398 g/mol. The topological polar surface area (TPSA) is 50.5 Å². The van der Waals surface area contributed by atoms with Gasteiger partial charge in [0.05, 0.1) is 16.7 Å². The summed E-state index contributed by atoms with van der Waals surface area (Å²) < 4.78 is 8.02. The van der Waals surface area contributed by atoms with Crippen LogP contribution in [0.3, 0.4) is 0 Å². The molecule has 1 N–H and O–H groups in total. The molecule has 0 unspecified atom stereocenters. The van der Waals surface area contributed by atoms with E-state index in [9.17, 15) is 5.11 Å². The Bertz CT molecular complexity index is 956. The normalized spacial score (nSPS) is 12.5. The van der Waals surface area contributed by atoms with Crippen molar-refractivity contribution in [3.05, 3.63) is 65.2 Å². The molecule has 0 aliphatic heterocycles. The summed E-state index contributed by atoms with van der Waals surface area (Å²) in [5.74, 6) is 1.24. The number of aryl methyl sites for hydroxylation is 1. The molecule has 0 aliphatic carbocycles. The Labute approximate surface area is 183 Å². The molecule has 0 aliphatic rings. The van der Waals surface area contributed by atoms with Gasteiger partial charge in [0, 0.05) is 31.7 Å². The monoisotopic (exact) mass is 427 g/mol. The summed E-state index contributed by atoms with van der Waals surface area (Å²) in [7, 11) is 1.88. The average Bonchev–Trinajstić information content (AvgIpc) is 3.05. The number of aliphatic hydroxyl groups excluding tert-OH is 1. The van der Waals surface area contributed by atoms with Gasteiger partial charge in [-0.05, 0) is 32.4 Å². The largest absolute Gasteiger partial charge is 0.437 e. The maximum atomic E-state index is 10.3. The minimum Gasteiger partial charge on any atom is -0.437 e. The number of nitrogens with zero attached hydrogens (tertiary/aromatic N) is 3. The zero-order valence-corrected chi connectivity index (χ0v) is 18.8. The Balaban J connectivity index is 2.06. The van der Waals surface area contributed by atoms with Crippen LogP contribution in [0.2, 0.25) is 5.02 Å². The van der Waals surface area contributed by atoms with Crippen molar-refractivity contribution < 1.29 is 9.84 Å². The number of ether oxygens (including phenoxy) is 1. The Morgan fingerprint density at radius 2 is 1.77 bits per heavy atom. The Hall–Kier alpha value is -2.34. The third-order valence-electron chi connectivity index (χ3n) is 5.19. The van der Waals surface area contributed by atoms with Gasteiger partial charge in [-0.25, -0.2) is 4.68 Å². The number of hydrogen-bond acceptors (Lipinski definition) is 4. The molecule has 0 amide bonds. The van der Waals surface area contributed by atoms with Gasteiger partial charge in [-0.1, -0.05) is 61.0 Å². The fraction of sp³-hybridized carbons (Fsp3) is 0.375. The predicted molar refractivity (Wildman–Crippen MR) is 122 cm³/mol. The maximum Gasteiger partial charge on any atom is 0.222 e. The van der Waals surface area contributed by atoms with Crippen LogP contribution in [0.15, 0.2) is 54.6 Å². The van der Waals surface area contributed by atoms with Crippen LogP contribution in [0.1, 0.15) is 32.8 Å². The van der Waals surface area contributed by atoms with Crippen LogP contribution in [0.4, 0.5) is 0 Å². The lowest BCUT2D eigenvalue weighted by Gasteiger charge is -2.28. The van der Waals surface area contributed by atoms with Crippen molar-refractivity contribution in [3.63, 3.8) is 0 Å². The first-order valence-corrected chi connectivity index (χ1v) is 10.7. The van der Waals surface area contributed by atoms with Crippen LogP contribution in [0, 0.1) is 0 Å². The third-order valence-corrected chi connectivity index (χ3v) is 5.50. The molecule has 6 heteroatoms. The first-order chi connectivity index (χ1) is 14.4. The van der Waals surface area contributed by atoms with E-state index in [1.165, 1.54) is 0 Å². The number of hydrogen-bond donors (Lipinski definition) is 1. The zero-order chi connectivity index (χ0) is 21.7. The fourth-order valence-corrected chi connectivity index (χ4v) is 3.52. The van der Waals surface area contributed by atoms with Crippen LogP contribution < -0.4 is 4.74 Å². The number of benzene rings is 2. The molecule has 0 saturated carbocycles. The lowest BCUT2D eigenvalue weighted by Crippen LogP contribution is -2.37. The van der Waals surface area contributed by atoms with E-state index in [1.54, 1.807) is 4.68 Å². The molecule has 30 heavy (non-hydrogen) atoms. The van der Waals surface area contributed by atoms with Gasteiger partial charge in [0.15, 0.2) is 0 Å². The van der Waals surface area contributed by atoms with Crippen molar-refractivity contribution in [3.8, 4) is 22.9 Å². The molecule has 3 aromatic rings. The average molecular weight is 428 g/mol. The first kappa shape index (κ1) is 22.3. The van der Waals surface area contributed by atoms with E-state index in [2.05, 4.69) is 18.7 Å². The van der Waals surface area contributed by atoms with Gasteiger partial charge in [0.2, 0.25) is 5.88 Å². The van der Waals surface area contributed by atoms with Gasteiger partial charge in [-0.15, -0.1) is 0 Å². The van der Waals surface area contributed by atoms with Gasteiger partial charge >= 0.3 is 0 Å². The van der Waals surface area contributed by atoms with Crippen LogP contribution >= 0.6 is 11.6 Å². The summed E-state index contributed by atoms with van der Waals surface area (Å²) in [6.07, 6.45) is 0.335. The Morgan fingerprint density at radius 3 is 2.40 bits per heavy atom. The second-order valence-corrected chi connectivity index (χ2v) is 8.15. The van der Waals surface area contributed by atoms with Crippen LogP contribution in [0.5, 0.6) is 11.6 Å². The number of halogens is 1. The number of rotatable bonds is 9. The molecule has 1 heterocycles. The van der Waals surface area contributed by atoms with Crippen molar-refractivity contribution in [1.82, 2.24) is 14.7 Å².